The van der Waals surface area contributed by atoms with Crippen LogP contribution in [0.1, 0.15) is 45.1 Å². The Kier molecular flexibility index (Phi) is 5.80. The normalized spacial score (nSPS) is 15.0. The SMILES string of the molecule is CCC(CC)(CNC(=O)CNCC1CC1)c1ccccc1. The van der Waals surface area contributed by atoms with Crippen LogP contribution in [0, 0.1) is 5.92 Å². The lowest BCUT2D eigenvalue weighted by atomic mass is 9.76. The van der Waals surface area contributed by atoms with Crippen LogP contribution in [0.2, 0.25) is 0 Å². The summed E-state index contributed by atoms with van der Waals surface area (Å²) in [5, 5.41) is 6.36. The first-order chi connectivity index (χ1) is 10.2. The molecule has 3 nitrogen and oxygen atoms in total. The third kappa shape index (κ3) is 4.57. The predicted molar refractivity (Wildman–Crippen MR) is 87.3 cm³/mol. The van der Waals surface area contributed by atoms with Crippen LogP contribution in [0.25, 0.3) is 0 Å². The number of rotatable bonds is 9. The molecule has 0 bridgehead atoms. The van der Waals surface area contributed by atoms with Gasteiger partial charge in [-0.1, -0.05) is 44.2 Å². The van der Waals surface area contributed by atoms with E-state index in [1.54, 1.807) is 0 Å². The summed E-state index contributed by atoms with van der Waals surface area (Å²) in [6, 6.07) is 10.5. The fourth-order valence-electron chi connectivity index (χ4n) is 2.84. The molecule has 1 fully saturated rings. The van der Waals surface area contributed by atoms with Crippen molar-refractivity contribution in [2.75, 3.05) is 19.6 Å². The molecule has 1 aromatic rings. The Morgan fingerprint density at radius 2 is 1.86 bits per heavy atom. The van der Waals surface area contributed by atoms with E-state index >= 15 is 0 Å². The molecular weight excluding hydrogens is 260 g/mol. The van der Waals surface area contributed by atoms with Gasteiger partial charge >= 0.3 is 0 Å². The summed E-state index contributed by atoms with van der Waals surface area (Å²) in [6.45, 7) is 6.55. The molecule has 0 heterocycles. The molecule has 1 saturated carbocycles. The lowest BCUT2D eigenvalue weighted by molar-refractivity contribution is -0.120. The number of hydrogen-bond acceptors (Lipinski definition) is 2. The molecule has 0 aromatic heterocycles. The molecule has 0 unspecified atom stereocenters. The van der Waals surface area contributed by atoms with Crippen molar-refractivity contribution in [1.29, 1.82) is 0 Å². The van der Waals surface area contributed by atoms with Crippen molar-refractivity contribution in [2.24, 2.45) is 5.92 Å². The summed E-state index contributed by atoms with van der Waals surface area (Å²) in [4.78, 5) is 12.0. The Morgan fingerprint density at radius 1 is 1.19 bits per heavy atom. The summed E-state index contributed by atoms with van der Waals surface area (Å²) in [7, 11) is 0. The Morgan fingerprint density at radius 3 is 2.43 bits per heavy atom. The molecule has 0 aliphatic heterocycles. The number of carbonyl (C=O) groups excluding carboxylic acids is 1. The van der Waals surface area contributed by atoms with E-state index in [9.17, 15) is 4.79 Å². The molecule has 3 heteroatoms. The minimum atomic E-state index is 0.0490. The maximum Gasteiger partial charge on any atom is 0.233 e. The van der Waals surface area contributed by atoms with Gasteiger partial charge in [-0.3, -0.25) is 4.79 Å². The van der Waals surface area contributed by atoms with Crippen molar-refractivity contribution < 1.29 is 4.79 Å². The first-order valence-corrected chi connectivity index (χ1v) is 8.23. The van der Waals surface area contributed by atoms with E-state index in [2.05, 4.69) is 48.7 Å². The quantitative estimate of drug-likeness (QED) is 0.733. The summed E-state index contributed by atoms with van der Waals surface area (Å²) >= 11 is 0. The molecule has 1 aliphatic rings. The van der Waals surface area contributed by atoms with E-state index in [-0.39, 0.29) is 11.3 Å². The van der Waals surface area contributed by atoms with Gasteiger partial charge in [0.25, 0.3) is 0 Å². The van der Waals surface area contributed by atoms with Gasteiger partial charge in [0.15, 0.2) is 0 Å². The highest BCUT2D eigenvalue weighted by molar-refractivity contribution is 5.78. The molecule has 21 heavy (non-hydrogen) atoms. The van der Waals surface area contributed by atoms with Crippen LogP contribution in [-0.2, 0) is 10.2 Å². The fraction of sp³-hybridized carbons (Fsp3) is 0.611. The Balaban J connectivity index is 1.85. The van der Waals surface area contributed by atoms with Gasteiger partial charge in [0.2, 0.25) is 5.91 Å². The minimum Gasteiger partial charge on any atom is -0.354 e. The zero-order chi connectivity index (χ0) is 15.1. The van der Waals surface area contributed by atoms with Crippen molar-refractivity contribution >= 4 is 5.91 Å². The van der Waals surface area contributed by atoms with Gasteiger partial charge in [-0.2, -0.15) is 0 Å². The van der Waals surface area contributed by atoms with Crippen molar-refractivity contribution in [2.45, 2.75) is 44.9 Å². The van der Waals surface area contributed by atoms with Crippen molar-refractivity contribution in [1.82, 2.24) is 10.6 Å². The third-order valence-electron chi connectivity index (χ3n) is 4.78. The number of benzene rings is 1. The third-order valence-corrected chi connectivity index (χ3v) is 4.78. The molecule has 2 rings (SSSR count). The van der Waals surface area contributed by atoms with E-state index in [0.29, 0.717) is 13.1 Å². The monoisotopic (exact) mass is 288 g/mol. The molecule has 0 spiro atoms. The molecule has 0 atom stereocenters. The summed E-state index contributed by atoms with van der Waals surface area (Å²) in [6.07, 6.45) is 4.70. The smallest absolute Gasteiger partial charge is 0.233 e. The standard InChI is InChI=1S/C18H28N2O/c1-3-18(4-2,16-8-6-5-7-9-16)14-20-17(21)13-19-12-15-10-11-15/h5-9,15,19H,3-4,10-14H2,1-2H3,(H,20,21). The number of amides is 1. The second-order valence-electron chi connectivity index (χ2n) is 6.20. The number of nitrogens with one attached hydrogen (secondary N) is 2. The summed E-state index contributed by atoms with van der Waals surface area (Å²) in [5.41, 5.74) is 1.37. The lowest BCUT2D eigenvalue weighted by Crippen LogP contribution is -2.43. The number of carbonyl (C=O) groups is 1. The van der Waals surface area contributed by atoms with Crippen LogP contribution in [-0.4, -0.2) is 25.5 Å². The minimum absolute atomic E-state index is 0.0490. The first-order valence-electron chi connectivity index (χ1n) is 8.23. The van der Waals surface area contributed by atoms with Crippen molar-refractivity contribution in [3.63, 3.8) is 0 Å². The van der Waals surface area contributed by atoms with E-state index in [1.165, 1.54) is 18.4 Å². The molecular formula is C18H28N2O. The Bertz CT molecular complexity index is 436. The molecule has 1 aliphatic carbocycles. The lowest BCUT2D eigenvalue weighted by Gasteiger charge is -2.32. The predicted octanol–water partition coefficient (Wildman–Crippen LogP) is 2.86. The fourth-order valence-corrected chi connectivity index (χ4v) is 2.84. The molecule has 116 valence electrons. The molecule has 0 radical (unpaired) electrons. The topological polar surface area (TPSA) is 41.1 Å². The Hall–Kier alpha value is -1.35. The van der Waals surface area contributed by atoms with E-state index in [1.807, 2.05) is 6.07 Å². The van der Waals surface area contributed by atoms with Crippen LogP contribution in [0.15, 0.2) is 30.3 Å². The first kappa shape index (κ1) is 16.0. The van der Waals surface area contributed by atoms with Gasteiger partial charge in [0, 0.05) is 12.0 Å². The molecule has 1 amide bonds. The van der Waals surface area contributed by atoms with Crippen LogP contribution >= 0.6 is 0 Å². The maximum atomic E-state index is 12.0. The van der Waals surface area contributed by atoms with E-state index in [0.717, 1.165) is 25.3 Å². The summed E-state index contributed by atoms with van der Waals surface area (Å²) < 4.78 is 0. The molecule has 2 N–H and O–H groups in total. The van der Waals surface area contributed by atoms with Crippen molar-refractivity contribution in [3.05, 3.63) is 35.9 Å². The van der Waals surface area contributed by atoms with Gasteiger partial charge in [0.1, 0.15) is 0 Å². The van der Waals surface area contributed by atoms with Crippen LogP contribution in [0.4, 0.5) is 0 Å². The Labute approximate surface area is 128 Å². The van der Waals surface area contributed by atoms with E-state index < -0.39 is 0 Å². The van der Waals surface area contributed by atoms with Gasteiger partial charge in [-0.15, -0.1) is 0 Å². The van der Waals surface area contributed by atoms with Gasteiger partial charge in [-0.25, -0.2) is 0 Å². The molecule has 0 saturated heterocycles. The largest absolute Gasteiger partial charge is 0.354 e. The van der Waals surface area contributed by atoms with Crippen molar-refractivity contribution in [3.8, 4) is 0 Å². The summed E-state index contributed by atoms with van der Waals surface area (Å²) in [5.74, 6) is 0.922. The highest BCUT2D eigenvalue weighted by Gasteiger charge is 2.28. The second kappa shape index (κ2) is 7.60. The van der Waals surface area contributed by atoms with Gasteiger partial charge in [0.05, 0.1) is 6.54 Å². The van der Waals surface area contributed by atoms with Gasteiger partial charge in [-0.05, 0) is 43.7 Å². The van der Waals surface area contributed by atoms with E-state index in [4.69, 9.17) is 0 Å². The average molecular weight is 288 g/mol. The zero-order valence-corrected chi connectivity index (χ0v) is 13.3. The highest BCUT2D eigenvalue weighted by atomic mass is 16.1. The highest BCUT2D eigenvalue weighted by Crippen LogP contribution is 2.30. The van der Waals surface area contributed by atoms with Gasteiger partial charge < -0.3 is 10.6 Å². The molecule has 1 aromatic carbocycles. The number of hydrogen-bond donors (Lipinski definition) is 2. The van der Waals surface area contributed by atoms with Crippen LogP contribution in [0.5, 0.6) is 0 Å². The maximum absolute atomic E-state index is 12.0. The van der Waals surface area contributed by atoms with Crippen LogP contribution < -0.4 is 10.6 Å². The zero-order valence-electron chi connectivity index (χ0n) is 13.3. The average Bonchev–Trinajstić information content (AvgIpc) is 3.34. The second-order valence-corrected chi connectivity index (χ2v) is 6.20. The van der Waals surface area contributed by atoms with Crippen LogP contribution in [0.3, 0.4) is 0 Å².